The molecule has 0 spiro atoms. The van der Waals surface area contributed by atoms with Gasteiger partial charge in [0.05, 0.1) is 21.7 Å². The van der Waals surface area contributed by atoms with Crippen LogP contribution in [0.3, 0.4) is 0 Å². The Morgan fingerprint density at radius 3 is 2.76 bits per heavy atom. The standard InChI is InChI=1S/C10H9Br2N3OS/c1-16-3-6-8(12)9(13)15-10(14-6)7-2-5(11)4-17-7/h2,4H,3H2,1H3,(H2,13,14,15). The number of rotatable bonds is 3. The first-order chi connectivity index (χ1) is 8.11. The Hall–Kier alpha value is -0.500. The number of aromatic nitrogens is 2. The number of methoxy groups -OCH3 is 1. The third-order valence-electron chi connectivity index (χ3n) is 2.01. The topological polar surface area (TPSA) is 61.0 Å². The summed E-state index contributed by atoms with van der Waals surface area (Å²) in [6.45, 7) is 0.396. The van der Waals surface area contributed by atoms with Crippen molar-refractivity contribution in [2.24, 2.45) is 0 Å². The van der Waals surface area contributed by atoms with Crippen LogP contribution in [-0.2, 0) is 11.3 Å². The zero-order valence-corrected chi connectivity index (χ0v) is 12.9. The van der Waals surface area contributed by atoms with Crippen LogP contribution in [0.5, 0.6) is 0 Å². The number of hydrogen-bond acceptors (Lipinski definition) is 5. The second kappa shape index (κ2) is 5.43. The zero-order valence-electron chi connectivity index (χ0n) is 8.91. The van der Waals surface area contributed by atoms with E-state index in [1.165, 1.54) is 0 Å². The Labute approximate surface area is 119 Å². The van der Waals surface area contributed by atoms with Gasteiger partial charge in [0.1, 0.15) is 5.82 Å². The summed E-state index contributed by atoms with van der Waals surface area (Å²) < 4.78 is 6.78. The van der Waals surface area contributed by atoms with Crippen molar-refractivity contribution in [1.29, 1.82) is 0 Å². The third kappa shape index (κ3) is 2.85. The van der Waals surface area contributed by atoms with Crippen LogP contribution in [0.15, 0.2) is 20.4 Å². The molecule has 0 bridgehead atoms. The molecule has 4 nitrogen and oxygen atoms in total. The molecule has 0 aliphatic carbocycles. The van der Waals surface area contributed by atoms with Crippen molar-refractivity contribution in [2.45, 2.75) is 6.61 Å². The van der Waals surface area contributed by atoms with Crippen molar-refractivity contribution in [2.75, 3.05) is 12.8 Å². The van der Waals surface area contributed by atoms with Crippen LogP contribution >= 0.6 is 43.2 Å². The maximum absolute atomic E-state index is 5.84. The molecule has 0 fully saturated rings. The summed E-state index contributed by atoms with van der Waals surface area (Å²) in [6, 6.07) is 1.96. The highest BCUT2D eigenvalue weighted by Crippen LogP contribution is 2.30. The van der Waals surface area contributed by atoms with Crippen LogP contribution in [0.25, 0.3) is 10.7 Å². The van der Waals surface area contributed by atoms with Gasteiger partial charge in [-0.15, -0.1) is 11.3 Å². The minimum atomic E-state index is 0.396. The normalized spacial score (nSPS) is 10.8. The van der Waals surface area contributed by atoms with Crippen molar-refractivity contribution in [3.8, 4) is 10.7 Å². The smallest absolute Gasteiger partial charge is 0.172 e. The first-order valence-corrected chi connectivity index (χ1v) is 7.13. The van der Waals surface area contributed by atoms with Gasteiger partial charge in [-0.3, -0.25) is 0 Å². The molecule has 0 unspecified atom stereocenters. The van der Waals surface area contributed by atoms with Crippen LogP contribution in [0.4, 0.5) is 5.82 Å². The third-order valence-corrected chi connectivity index (χ3v) is 4.57. The maximum atomic E-state index is 5.84. The van der Waals surface area contributed by atoms with E-state index < -0.39 is 0 Å². The highest BCUT2D eigenvalue weighted by molar-refractivity contribution is 9.11. The van der Waals surface area contributed by atoms with E-state index in [2.05, 4.69) is 41.8 Å². The zero-order chi connectivity index (χ0) is 12.4. The Kier molecular flexibility index (Phi) is 4.13. The lowest BCUT2D eigenvalue weighted by molar-refractivity contribution is 0.181. The van der Waals surface area contributed by atoms with E-state index in [0.29, 0.717) is 22.7 Å². The van der Waals surface area contributed by atoms with Crippen LogP contribution in [-0.4, -0.2) is 17.1 Å². The molecule has 0 saturated heterocycles. The van der Waals surface area contributed by atoms with Gasteiger partial charge < -0.3 is 10.5 Å². The monoisotopic (exact) mass is 377 g/mol. The van der Waals surface area contributed by atoms with Crippen LogP contribution < -0.4 is 5.73 Å². The van der Waals surface area contributed by atoms with Gasteiger partial charge in [0.15, 0.2) is 5.82 Å². The summed E-state index contributed by atoms with van der Waals surface area (Å²) in [5.41, 5.74) is 6.58. The predicted molar refractivity (Wildman–Crippen MR) is 75.9 cm³/mol. The molecule has 0 aliphatic rings. The lowest BCUT2D eigenvalue weighted by atomic mass is 10.3. The molecule has 0 aromatic carbocycles. The van der Waals surface area contributed by atoms with E-state index in [1.807, 2.05) is 11.4 Å². The molecule has 2 N–H and O–H groups in total. The fourth-order valence-electron chi connectivity index (χ4n) is 1.29. The molecule has 0 aliphatic heterocycles. The molecule has 7 heteroatoms. The second-order valence-electron chi connectivity index (χ2n) is 3.26. The summed E-state index contributed by atoms with van der Waals surface area (Å²) in [4.78, 5) is 9.65. The Balaban J connectivity index is 2.48. The number of hydrogen-bond donors (Lipinski definition) is 1. The largest absolute Gasteiger partial charge is 0.383 e. The second-order valence-corrected chi connectivity index (χ2v) is 5.88. The molecule has 2 rings (SSSR count). The fraction of sp³-hybridized carbons (Fsp3) is 0.200. The molecule has 17 heavy (non-hydrogen) atoms. The Morgan fingerprint density at radius 2 is 2.18 bits per heavy atom. The summed E-state index contributed by atoms with van der Waals surface area (Å²) in [5, 5.41) is 1.98. The van der Waals surface area contributed by atoms with Crippen LogP contribution in [0, 0.1) is 0 Å². The summed E-state index contributed by atoms with van der Waals surface area (Å²) in [7, 11) is 1.62. The van der Waals surface area contributed by atoms with E-state index in [9.17, 15) is 0 Å². The lowest BCUT2D eigenvalue weighted by Crippen LogP contribution is -2.03. The van der Waals surface area contributed by atoms with Gasteiger partial charge >= 0.3 is 0 Å². The van der Waals surface area contributed by atoms with Crippen molar-refractivity contribution in [3.63, 3.8) is 0 Å². The summed E-state index contributed by atoms with van der Waals surface area (Å²) in [6.07, 6.45) is 0. The number of thiophene rings is 1. The first kappa shape index (κ1) is 12.9. The van der Waals surface area contributed by atoms with Gasteiger partial charge in [-0.2, -0.15) is 0 Å². The SMILES string of the molecule is COCc1nc(-c2cc(Br)cs2)nc(N)c1Br. The number of nitrogens with two attached hydrogens (primary N) is 1. The molecule has 2 aromatic rings. The molecule has 90 valence electrons. The quantitative estimate of drug-likeness (QED) is 0.888. The highest BCUT2D eigenvalue weighted by Gasteiger charge is 2.12. The molecule has 0 radical (unpaired) electrons. The first-order valence-electron chi connectivity index (χ1n) is 4.67. The Morgan fingerprint density at radius 1 is 1.41 bits per heavy atom. The van der Waals surface area contributed by atoms with E-state index in [-0.39, 0.29) is 0 Å². The fourth-order valence-corrected chi connectivity index (χ4v) is 2.94. The molecule has 2 heterocycles. The highest BCUT2D eigenvalue weighted by atomic mass is 79.9. The molecular weight excluding hydrogens is 370 g/mol. The number of anilines is 1. The molecule has 0 atom stereocenters. The minimum Gasteiger partial charge on any atom is -0.383 e. The van der Waals surface area contributed by atoms with E-state index in [1.54, 1.807) is 18.4 Å². The van der Waals surface area contributed by atoms with Crippen molar-refractivity contribution in [3.05, 3.63) is 26.1 Å². The van der Waals surface area contributed by atoms with Crippen molar-refractivity contribution < 1.29 is 4.74 Å². The number of nitrogens with zero attached hydrogens (tertiary/aromatic N) is 2. The van der Waals surface area contributed by atoms with E-state index in [0.717, 1.165) is 15.0 Å². The summed E-state index contributed by atoms with van der Waals surface area (Å²) >= 11 is 8.32. The van der Waals surface area contributed by atoms with Gasteiger partial charge in [0.25, 0.3) is 0 Å². The van der Waals surface area contributed by atoms with Gasteiger partial charge in [-0.05, 0) is 37.9 Å². The number of halogens is 2. The van der Waals surface area contributed by atoms with Gasteiger partial charge in [-0.25, -0.2) is 9.97 Å². The van der Waals surface area contributed by atoms with Gasteiger partial charge in [0, 0.05) is 17.0 Å². The average Bonchev–Trinajstić information content (AvgIpc) is 2.71. The molecule has 0 amide bonds. The Bertz CT molecular complexity index is 544. The molecule has 2 aromatic heterocycles. The van der Waals surface area contributed by atoms with Crippen LogP contribution in [0.2, 0.25) is 0 Å². The maximum Gasteiger partial charge on any atom is 0.172 e. The van der Waals surface area contributed by atoms with Gasteiger partial charge in [0.2, 0.25) is 0 Å². The van der Waals surface area contributed by atoms with Crippen LogP contribution in [0.1, 0.15) is 5.69 Å². The molecular formula is C10H9Br2N3OS. The minimum absolute atomic E-state index is 0.396. The average molecular weight is 379 g/mol. The van der Waals surface area contributed by atoms with Gasteiger partial charge in [-0.1, -0.05) is 0 Å². The number of ether oxygens (including phenoxy) is 1. The van der Waals surface area contributed by atoms with Crippen molar-refractivity contribution >= 4 is 49.0 Å². The lowest BCUT2D eigenvalue weighted by Gasteiger charge is -2.07. The summed E-state index contributed by atoms with van der Waals surface area (Å²) in [5.74, 6) is 1.04. The van der Waals surface area contributed by atoms with E-state index in [4.69, 9.17) is 10.5 Å². The van der Waals surface area contributed by atoms with Crippen molar-refractivity contribution in [1.82, 2.24) is 9.97 Å². The predicted octanol–water partition coefficient (Wildman–Crippen LogP) is 3.46. The number of nitrogen functional groups attached to an aromatic ring is 1. The van der Waals surface area contributed by atoms with E-state index >= 15 is 0 Å². The molecule has 0 saturated carbocycles.